The van der Waals surface area contributed by atoms with Crippen molar-refractivity contribution in [3.63, 3.8) is 0 Å². The van der Waals surface area contributed by atoms with E-state index in [0.717, 1.165) is 0 Å². The number of nitrogens with one attached hydrogen (secondary N) is 2. The molecule has 7 nitrogen and oxygen atoms in total. The van der Waals surface area contributed by atoms with Crippen LogP contribution in [0.2, 0.25) is 0 Å². The maximum Gasteiger partial charge on any atom is 0.238 e. The van der Waals surface area contributed by atoms with E-state index < -0.39 is 10.6 Å². The minimum Gasteiger partial charge on any atom is -0.370 e. The summed E-state index contributed by atoms with van der Waals surface area (Å²) in [6, 6.07) is 1.78. The van der Waals surface area contributed by atoms with Gasteiger partial charge in [-0.05, 0) is 6.92 Å². The molecule has 1 unspecified atom stereocenters. The lowest BCUT2D eigenvalue weighted by atomic mass is 10.4. The summed E-state index contributed by atoms with van der Waals surface area (Å²) >= 11 is 17.0. The number of anilines is 2. The highest BCUT2D eigenvalue weighted by Crippen LogP contribution is 2.27. The van der Waals surface area contributed by atoms with Crippen molar-refractivity contribution in [2.45, 2.75) is 17.5 Å². The molecule has 0 saturated carbocycles. The molecule has 1 rings (SSSR count). The summed E-state index contributed by atoms with van der Waals surface area (Å²) in [6.45, 7) is 2.40. The molecule has 0 saturated heterocycles. The second kappa shape index (κ2) is 6.91. The Bertz CT molecular complexity index is 478. The topological polar surface area (TPSA) is 107 Å². The van der Waals surface area contributed by atoms with E-state index in [1.165, 1.54) is 0 Å². The number of nitrogens with zero attached hydrogens (tertiary/aromatic N) is 4. The molecule has 0 aromatic carbocycles. The first-order valence-corrected chi connectivity index (χ1v) is 6.50. The number of rotatable bonds is 6. The average molecular weight is 326 g/mol. The molecule has 0 aliphatic heterocycles. The maximum absolute atomic E-state index is 9.75. The van der Waals surface area contributed by atoms with Gasteiger partial charge >= 0.3 is 0 Å². The molecule has 0 aliphatic carbocycles. The summed E-state index contributed by atoms with van der Waals surface area (Å²) in [7, 11) is 0. The van der Waals surface area contributed by atoms with Gasteiger partial charge in [0.25, 0.3) is 0 Å². The van der Waals surface area contributed by atoms with Gasteiger partial charge < -0.3 is 15.7 Å². The fourth-order valence-electron chi connectivity index (χ4n) is 1.03. The molecule has 0 spiro atoms. The summed E-state index contributed by atoms with van der Waals surface area (Å²) < 4.78 is -1.61. The third-order valence-corrected chi connectivity index (χ3v) is 3.29. The SMILES string of the molecule is CCNc1nc(C#N)nc(NC(O)C(Cl)(Cl)CCl)n1. The summed E-state index contributed by atoms with van der Waals surface area (Å²) in [4.78, 5) is 11.5. The fraction of sp³-hybridized carbons (Fsp3) is 0.556. The Morgan fingerprint density at radius 3 is 2.53 bits per heavy atom. The highest BCUT2D eigenvalue weighted by atomic mass is 35.5. The Morgan fingerprint density at radius 1 is 1.37 bits per heavy atom. The normalized spacial score (nSPS) is 12.6. The molecule has 1 atom stereocenters. The first-order valence-electron chi connectivity index (χ1n) is 5.21. The van der Waals surface area contributed by atoms with Crippen molar-refractivity contribution >= 4 is 46.7 Å². The van der Waals surface area contributed by atoms with Crippen molar-refractivity contribution in [1.82, 2.24) is 15.0 Å². The Hall–Kier alpha value is -1.07. The Morgan fingerprint density at radius 2 is 2.00 bits per heavy atom. The van der Waals surface area contributed by atoms with Crippen LogP contribution in [-0.4, -0.2) is 43.0 Å². The van der Waals surface area contributed by atoms with Crippen molar-refractivity contribution in [2.24, 2.45) is 0 Å². The third-order valence-electron chi connectivity index (χ3n) is 1.91. The molecule has 19 heavy (non-hydrogen) atoms. The molecular formula is C9H11Cl3N6O. The lowest BCUT2D eigenvalue weighted by Crippen LogP contribution is -2.39. The molecule has 0 radical (unpaired) electrons. The lowest BCUT2D eigenvalue weighted by molar-refractivity contribution is 0.190. The van der Waals surface area contributed by atoms with Gasteiger partial charge in [0, 0.05) is 6.54 Å². The van der Waals surface area contributed by atoms with E-state index in [4.69, 9.17) is 40.1 Å². The van der Waals surface area contributed by atoms with Crippen LogP contribution in [-0.2, 0) is 0 Å². The van der Waals surface area contributed by atoms with Gasteiger partial charge in [-0.2, -0.15) is 20.2 Å². The molecule has 104 valence electrons. The van der Waals surface area contributed by atoms with E-state index in [1.54, 1.807) is 6.07 Å². The van der Waals surface area contributed by atoms with Gasteiger partial charge in [0.15, 0.2) is 10.6 Å². The average Bonchev–Trinajstić information content (AvgIpc) is 2.38. The van der Waals surface area contributed by atoms with Crippen LogP contribution in [0.25, 0.3) is 0 Å². The number of aliphatic hydroxyl groups excluding tert-OH is 1. The molecule has 10 heteroatoms. The monoisotopic (exact) mass is 324 g/mol. The molecule has 1 aromatic rings. The standard InChI is InChI=1S/C9H11Cl3N6O/c1-2-14-7-15-5(3-13)16-8(18-7)17-6(19)9(11,12)4-10/h6,19H,2,4H2,1H3,(H2,14,15,16,17,18). The fourth-order valence-corrected chi connectivity index (χ4v) is 1.28. The predicted octanol–water partition coefficient (Wildman–Crippen LogP) is 1.32. The van der Waals surface area contributed by atoms with Gasteiger partial charge in [0.2, 0.25) is 17.7 Å². The Balaban J connectivity index is 2.95. The van der Waals surface area contributed by atoms with Crippen LogP contribution in [0.4, 0.5) is 11.9 Å². The van der Waals surface area contributed by atoms with Crippen molar-refractivity contribution < 1.29 is 5.11 Å². The summed E-state index contributed by atoms with van der Waals surface area (Å²) in [5, 5.41) is 23.8. The van der Waals surface area contributed by atoms with Crippen LogP contribution >= 0.6 is 34.8 Å². The van der Waals surface area contributed by atoms with Crippen molar-refractivity contribution in [2.75, 3.05) is 23.1 Å². The number of alkyl halides is 3. The van der Waals surface area contributed by atoms with Crippen LogP contribution in [0.5, 0.6) is 0 Å². The largest absolute Gasteiger partial charge is 0.370 e. The zero-order chi connectivity index (χ0) is 14.5. The van der Waals surface area contributed by atoms with E-state index in [0.29, 0.717) is 6.54 Å². The number of aromatic nitrogens is 3. The minimum atomic E-state index is -1.61. The van der Waals surface area contributed by atoms with Gasteiger partial charge in [-0.3, -0.25) is 0 Å². The highest BCUT2D eigenvalue weighted by Gasteiger charge is 2.33. The van der Waals surface area contributed by atoms with E-state index in [9.17, 15) is 5.11 Å². The van der Waals surface area contributed by atoms with Crippen molar-refractivity contribution in [3.05, 3.63) is 5.82 Å². The first-order chi connectivity index (χ1) is 8.92. The molecule has 1 heterocycles. The minimum absolute atomic E-state index is 0.0363. The molecule has 1 aromatic heterocycles. The summed E-state index contributed by atoms with van der Waals surface area (Å²) in [6.07, 6.45) is -1.41. The molecule has 0 amide bonds. The second-order valence-corrected chi connectivity index (χ2v) is 5.20. The van der Waals surface area contributed by atoms with E-state index >= 15 is 0 Å². The quantitative estimate of drug-likeness (QED) is 0.535. The Kier molecular flexibility index (Phi) is 5.82. The first kappa shape index (κ1) is 16.0. The Labute approximate surface area is 124 Å². The van der Waals surface area contributed by atoms with Crippen LogP contribution in [0, 0.1) is 11.3 Å². The molecule has 0 bridgehead atoms. The number of halogens is 3. The third kappa shape index (κ3) is 4.51. The van der Waals surface area contributed by atoms with Gasteiger partial charge in [0.05, 0.1) is 5.88 Å². The zero-order valence-corrected chi connectivity index (χ0v) is 12.1. The molecule has 0 aliphatic rings. The number of hydrogen-bond donors (Lipinski definition) is 3. The smallest absolute Gasteiger partial charge is 0.238 e. The van der Waals surface area contributed by atoms with Gasteiger partial charge in [-0.15, -0.1) is 11.6 Å². The lowest BCUT2D eigenvalue weighted by Gasteiger charge is -2.23. The van der Waals surface area contributed by atoms with E-state index in [-0.39, 0.29) is 23.6 Å². The molecular weight excluding hydrogens is 314 g/mol. The molecule has 0 fully saturated rings. The van der Waals surface area contributed by atoms with Gasteiger partial charge in [-0.25, -0.2) is 0 Å². The van der Waals surface area contributed by atoms with Crippen LogP contribution in [0.1, 0.15) is 12.7 Å². The number of aliphatic hydroxyl groups is 1. The van der Waals surface area contributed by atoms with E-state index in [2.05, 4.69) is 25.6 Å². The number of nitriles is 1. The van der Waals surface area contributed by atoms with Gasteiger partial charge in [0.1, 0.15) is 6.07 Å². The maximum atomic E-state index is 9.75. The van der Waals surface area contributed by atoms with Crippen LogP contribution in [0.15, 0.2) is 0 Å². The van der Waals surface area contributed by atoms with Crippen molar-refractivity contribution in [3.8, 4) is 6.07 Å². The predicted molar refractivity (Wildman–Crippen MR) is 73.5 cm³/mol. The number of hydrogen-bond acceptors (Lipinski definition) is 7. The summed E-state index contributed by atoms with van der Waals surface area (Å²) in [5.74, 6) is -0.156. The second-order valence-electron chi connectivity index (χ2n) is 3.39. The highest BCUT2D eigenvalue weighted by molar-refractivity contribution is 6.52. The molecule has 3 N–H and O–H groups in total. The zero-order valence-electron chi connectivity index (χ0n) is 9.86. The van der Waals surface area contributed by atoms with E-state index in [1.807, 2.05) is 6.92 Å². The van der Waals surface area contributed by atoms with Crippen LogP contribution < -0.4 is 10.6 Å². The van der Waals surface area contributed by atoms with Crippen LogP contribution in [0.3, 0.4) is 0 Å². The van der Waals surface area contributed by atoms with Crippen molar-refractivity contribution in [1.29, 1.82) is 5.26 Å². The van der Waals surface area contributed by atoms with Gasteiger partial charge in [-0.1, -0.05) is 23.2 Å². The summed E-state index contributed by atoms with van der Waals surface area (Å²) in [5.41, 5.74) is 0.